The van der Waals surface area contributed by atoms with E-state index >= 15 is 0 Å². The zero-order chi connectivity index (χ0) is 15.9. The fourth-order valence-electron chi connectivity index (χ4n) is 2.39. The van der Waals surface area contributed by atoms with E-state index in [4.69, 9.17) is 12.2 Å². The van der Waals surface area contributed by atoms with Crippen LogP contribution in [0.4, 0.5) is 5.69 Å². The average Bonchev–Trinajstić information content (AvgIpc) is 2.96. The van der Waals surface area contributed by atoms with Gasteiger partial charge in [-0.05, 0) is 50.6 Å². The highest BCUT2D eigenvalue weighted by Gasteiger charge is 2.34. The molecule has 0 N–H and O–H groups in total. The van der Waals surface area contributed by atoms with E-state index in [1.54, 1.807) is 16.2 Å². The van der Waals surface area contributed by atoms with Crippen molar-refractivity contribution in [2.75, 3.05) is 4.90 Å². The average molecular weight is 346 g/mol. The number of hydrogen-bond acceptors (Lipinski definition) is 4. The molecule has 1 aromatic carbocycles. The Balaban J connectivity index is 1.96. The highest BCUT2D eigenvalue weighted by atomic mass is 32.2. The molecule has 1 aliphatic rings. The minimum Gasteiger partial charge on any atom is -0.268 e. The number of benzene rings is 1. The normalized spacial score (nSPS) is 16.9. The molecule has 0 spiro atoms. The van der Waals surface area contributed by atoms with Gasteiger partial charge in [-0.3, -0.25) is 9.69 Å². The number of thioether (sulfide) groups is 1. The van der Waals surface area contributed by atoms with Crippen molar-refractivity contribution in [3.05, 3.63) is 56.1 Å². The topological polar surface area (TPSA) is 20.3 Å². The fourth-order valence-corrected chi connectivity index (χ4v) is 4.56. The predicted molar refractivity (Wildman–Crippen MR) is 101 cm³/mol. The molecule has 0 saturated carbocycles. The van der Waals surface area contributed by atoms with Gasteiger partial charge in [-0.2, -0.15) is 0 Å². The second kappa shape index (κ2) is 5.99. The predicted octanol–water partition coefficient (Wildman–Crippen LogP) is 5.08. The number of thiocarbonyl (C=S) groups is 1. The Labute approximate surface area is 143 Å². The van der Waals surface area contributed by atoms with Crippen LogP contribution < -0.4 is 4.90 Å². The van der Waals surface area contributed by atoms with E-state index in [-0.39, 0.29) is 5.91 Å². The van der Waals surface area contributed by atoms with Gasteiger partial charge in [-0.25, -0.2) is 0 Å². The molecule has 0 radical (unpaired) electrons. The van der Waals surface area contributed by atoms with E-state index in [1.807, 2.05) is 38.1 Å². The zero-order valence-corrected chi connectivity index (χ0v) is 15.0. The molecule has 1 saturated heterocycles. The lowest BCUT2D eigenvalue weighted by Crippen LogP contribution is -2.28. The van der Waals surface area contributed by atoms with E-state index in [0.717, 1.165) is 16.1 Å². The van der Waals surface area contributed by atoms with E-state index in [9.17, 15) is 4.79 Å². The van der Waals surface area contributed by atoms with Crippen LogP contribution in [-0.2, 0) is 4.79 Å². The van der Waals surface area contributed by atoms with Gasteiger partial charge in [0.25, 0.3) is 5.91 Å². The van der Waals surface area contributed by atoms with E-state index < -0.39 is 0 Å². The number of hydrogen-bond donors (Lipinski definition) is 0. The Bertz CT molecular complexity index is 804. The van der Waals surface area contributed by atoms with Gasteiger partial charge >= 0.3 is 0 Å². The Morgan fingerprint density at radius 3 is 2.55 bits per heavy atom. The lowest BCUT2D eigenvalue weighted by Gasteiger charge is -2.17. The second-order valence-electron chi connectivity index (χ2n) is 5.26. The highest BCUT2D eigenvalue weighted by molar-refractivity contribution is 8.27. The van der Waals surface area contributed by atoms with Gasteiger partial charge in [0.15, 0.2) is 4.32 Å². The third kappa shape index (κ3) is 2.89. The van der Waals surface area contributed by atoms with Crippen molar-refractivity contribution in [1.29, 1.82) is 0 Å². The summed E-state index contributed by atoms with van der Waals surface area (Å²) in [5.41, 5.74) is 3.11. The Morgan fingerprint density at radius 2 is 1.91 bits per heavy atom. The largest absolute Gasteiger partial charge is 0.270 e. The molecule has 112 valence electrons. The Morgan fingerprint density at radius 1 is 1.14 bits per heavy atom. The smallest absolute Gasteiger partial charge is 0.268 e. The first kappa shape index (κ1) is 15.5. The standard InChI is InChI=1S/C17H15NOS3/c1-10-4-7-14(11(2)8-10)18-16(19)15(22-17(18)20)9-13-6-5-12(3)21-13/h4-9H,1-3H3/b15-9+. The number of anilines is 1. The van der Waals surface area contributed by atoms with E-state index in [0.29, 0.717) is 9.23 Å². The Kier molecular flexibility index (Phi) is 4.21. The lowest BCUT2D eigenvalue weighted by molar-refractivity contribution is -0.113. The fraction of sp³-hybridized carbons (Fsp3) is 0.176. The molecular formula is C17H15NOS3. The molecule has 1 fully saturated rings. The number of carbonyl (C=O) groups excluding carboxylic acids is 1. The third-order valence-corrected chi connectivity index (χ3v) is 5.67. The molecule has 2 nitrogen and oxygen atoms in total. The summed E-state index contributed by atoms with van der Waals surface area (Å²) in [6.45, 7) is 6.11. The van der Waals surface area contributed by atoms with Crippen molar-refractivity contribution in [2.24, 2.45) is 0 Å². The maximum Gasteiger partial charge on any atom is 0.270 e. The number of amides is 1. The van der Waals surface area contributed by atoms with Gasteiger partial charge in [0.1, 0.15) is 0 Å². The minimum absolute atomic E-state index is 0.0343. The highest BCUT2D eigenvalue weighted by Crippen LogP contribution is 2.38. The van der Waals surface area contributed by atoms with Crippen molar-refractivity contribution in [1.82, 2.24) is 0 Å². The van der Waals surface area contributed by atoms with Crippen LogP contribution in [0.1, 0.15) is 20.9 Å². The van der Waals surface area contributed by atoms with Crippen LogP contribution in [0, 0.1) is 20.8 Å². The molecule has 5 heteroatoms. The second-order valence-corrected chi connectivity index (χ2v) is 8.25. The summed E-state index contributed by atoms with van der Waals surface area (Å²) in [7, 11) is 0. The summed E-state index contributed by atoms with van der Waals surface area (Å²) in [4.78, 5) is 17.4. The first-order valence-electron chi connectivity index (χ1n) is 6.87. The molecule has 0 atom stereocenters. The SMILES string of the molecule is Cc1ccc(N2C(=O)/C(=C\c3ccc(C)s3)SC2=S)c(C)c1. The van der Waals surface area contributed by atoms with Crippen LogP contribution in [0.2, 0.25) is 0 Å². The monoisotopic (exact) mass is 345 g/mol. The van der Waals surface area contributed by atoms with Crippen LogP contribution >= 0.6 is 35.3 Å². The van der Waals surface area contributed by atoms with Crippen LogP contribution in [0.25, 0.3) is 6.08 Å². The van der Waals surface area contributed by atoms with E-state index in [1.165, 1.54) is 22.2 Å². The van der Waals surface area contributed by atoms with Gasteiger partial charge in [0, 0.05) is 9.75 Å². The summed E-state index contributed by atoms with van der Waals surface area (Å²) in [6.07, 6.45) is 1.93. The molecule has 1 aliphatic heterocycles. The maximum absolute atomic E-state index is 12.7. The number of nitrogens with zero attached hydrogens (tertiary/aromatic N) is 1. The third-order valence-electron chi connectivity index (χ3n) is 3.42. The van der Waals surface area contributed by atoms with Crippen molar-refractivity contribution < 1.29 is 4.79 Å². The first-order valence-corrected chi connectivity index (χ1v) is 8.91. The molecule has 2 heterocycles. The summed E-state index contributed by atoms with van der Waals surface area (Å²) in [5, 5.41) is 0. The Hall–Kier alpha value is -1.43. The number of aryl methyl sites for hydroxylation is 3. The molecular weight excluding hydrogens is 330 g/mol. The molecule has 0 unspecified atom stereocenters. The van der Waals surface area contributed by atoms with Crippen LogP contribution in [0.5, 0.6) is 0 Å². The molecule has 0 aliphatic carbocycles. The summed E-state index contributed by atoms with van der Waals surface area (Å²) < 4.78 is 0.594. The van der Waals surface area contributed by atoms with Crippen molar-refractivity contribution >= 4 is 57.3 Å². The number of thiophene rings is 1. The van der Waals surface area contributed by atoms with Crippen molar-refractivity contribution in [2.45, 2.75) is 20.8 Å². The van der Waals surface area contributed by atoms with Gasteiger partial charge in [-0.1, -0.05) is 41.7 Å². The summed E-state index contributed by atoms with van der Waals surface area (Å²) in [6, 6.07) is 10.1. The van der Waals surface area contributed by atoms with Gasteiger partial charge in [0.2, 0.25) is 0 Å². The van der Waals surface area contributed by atoms with Crippen LogP contribution in [0.15, 0.2) is 35.2 Å². The molecule has 0 bridgehead atoms. The summed E-state index contributed by atoms with van der Waals surface area (Å²) in [5.74, 6) is -0.0343. The minimum atomic E-state index is -0.0343. The van der Waals surface area contributed by atoms with Gasteiger partial charge in [0.05, 0.1) is 10.6 Å². The molecule has 22 heavy (non-hydrogen) atoms. The lowest BCUT2D eigenvalue weighted by atomic mass is 10.1. The van der Waals surface area contributed by atoms with Crippen LogP contribution in [-0.4, -0.2) is 10.2 Å². The zero-order valence-electron chi connectivity index (χ0n) is 12.5. The molecule has 3 rings (SSSR count). The molecule has 1 amide bonds. The number of rotatable bonds is 2. The van der Waals surface area contributed by atoms with Crippen molar-refractivity contribution in [3.8, 4) is 0 Å². The van der Waals surface area contributed by atoms with Gasteiger partial charge in [-0.15, -0.1) is 11.3 Å². The maximum atomic E-state index is 12.7. The van der Waals surface area contributed by atoms with E-state index in [2.05, 4.69) is 19.1 Å². The summed E-state index contributed by atoms with van der Waals surface area (Å²) >= 11 is 8.47. The van der Waals surface area contributed by atoms with Gasteiger partial charge < -0.3 is 0 Å². The molecule has 1 aromatic heterocycles. The van der Waals surface area contributed by atoms with Crippen molar-refractivity contribution in [3.63, 3.8) is 0 Å². The number of carbonyl (C=O) groups is 1. The first-order chi connectivity index (χ1) is 10.5. The van der Waals surface area contributed by atoms with Crippen LogP contribution in [0.3, 0.4) is 0 Å². The molecule has 2 aromatic rings. The quantitative estimate of drug-likeness (QED) is 0.559.